The highest BCUT2D eigenvalue weighted by molar-refractivity contribution is 7.89. The summed E-state index contributed by atoms with van der Waals surface area (Å²) >= 11 is 0. The van der Waals surface area contributed by atoms with Crippen molar-refractivity contribution in [1.82, 2.24) is 4.31 Å². The number of hydrogen-bond donors (Lipinski definition) is 1. The Hall–Kier alpha value is -0.980. The fourth-order valence-corrected chi connectivity index (χ4v) is 3.91. The predicted octanol–water partition coefficient (Wildman–Crippen LogP) is 1.74. The lowest BCUT2D eigenvalue weighted by molar-refractivity contribution is 0.275. The number of sulfonamides is 1. The largest absolute Gasteiger partial charge is 0.392 e. The summed E-state index contributed by atoms with van der Waals surface area (Å²) in [6, 6.07) is 3.55. The van der Waals surface area contributed by atoms with Crippen LogP contribution in [0, 0.1) is 11.7 Å². The van der Waals surface area contributed by atoms with Crippen molar-refractivity contribution in [3.8, 4) is 0 Å². The zero-order valence-corrected chi connectivity index (χ0v) is 11.7. The Bertz CT molecular complexity index is 559. The van der Waals surface area contributed by atoms with Gasteiger partial charge in [0.1, 0.15) is 5.82 Å². The Morgan fingerprint density at radius 2 is 2.21 bits per heavy atom. The molecule has 0 aliphatic carbocycles. The molecule has 19 heavy (non-hydrogen) atoms. The monoisotopic (exact) mass is 287 g/mol. The van der Waals surface area contributed by atoms with E-state index < -0.39 is 22.4 Å². The summed E-state index contributed by atoms with van der Waals surface area (Å²) in [5.74, 6) is -0.193. The van der Waals surface area contributed by atoms with Gasteiger partial charge in [-0.3, -0.25) is 0 Å². The van der Waals surface area contributed by atoms with Crippen LogP contribution < -0.4 is 0 Å². The molecule has 0 radical (unpaired) electrons. The molecule has 1 aromatic rings. The molecule has 1 saturated heterocycles. The first-order valence-corrected chi connectivity index (χ1v) is 7.82. The molecule has 6 heteroatoms. The van der Waals surface area contributed by atoms with Gasteiger partial charge in [0.25, 0.3) is 0 Å². The van der Waals surface area contributed by atoms with Gasteiger partial charge in [-0.05, 0) is 30.5 Å². The highest BCUT2D eigenvalue weighted by Crippen LogP contribution is 2.26. The normalized spacial score (nSPS) is 20.9. The van der Waals surface area contributed by atoms with Crippen molar-refractivity contribution in [1.29, 1.82) is 0 Å². The molecule has 1 N–H and O–H groups in total. The molecule has 0 spiro atoms. The lowest BCUT2D eigenvalue weighted by atomic mass is 10.1. The zero-order chi connectivity index (χ0) is 14.0. The Kier molecular flexibility index (Phi) is 4.23. The van der Waals surface area contributed by atoms with Gasteiger partial charge in [-0.1, -0.05) is 13.3 Å². The van der Waals surface area contributed by atoms with Gasteiger partial charge in [-0.25, -0.2) is 12.8 Å². The maximum atomic E-state index is 13.3. The fraction of sp³-hybridized carbons (Fsp3) is 0.538. The van der Waals surface area contributed by atoms with E-state index in [1.165, 1.54) is 16.4 Å². The Balaban J connectivity index is 2.30. The zero-order valence-electron chi connectivity index (χ0n) is 10.8. The maximum absolute atomic E-state index is 13.3. The summed E-state index contributed by atoms with van der Waals surface area (Å²) in [6.45, 7) is 2.56. The van der Waals surface area contributed by atoms with Gasteiger partial charge in [0, 0.05) is 18.7 Å². The minimum Gasteiger partial charge on any atom is -0.392 e. The van der Waals surface area contributed by atoms with Crippen molar-refractivity contribution in [2.24, 2.45) is 5.92 Å². The lowest BCUT2D eigenvalue weighted by Gasteiger charge is -2.17. The minimum absolute atomic E-state index is 0.00677. The average molecular weight is 287 g/mol. The van der Waals surface area contributed by atoms with Crippen LogP contribution >= 0.6 is 0 Å². The van der Waals surface area contributed by atoms with E-state index in [4.69, 9.17) is 5.11 Å². The van der Waals surface area contributed by atoms with E-state index >= 15 is 0 Å². The molecule has 1 aliphatic rings. The second kappa shape index (κ2) is 5.56. The number of benzene rings is 1. The topological polar surface area (TPSA) is 57.6 Å². The standard InChI is InChI=1S/C13H18FNO3S/c1-2-10-5-6-15(8-10)19(17,18)12-3-4-13(14)11(7-12)9-16/h3-4,7,10,16H,2,5-6,8-9H2,1H3. The summed E-state index contributed by atoms with van der Waals surface area (Å²) in [4.78, 5) is 0.0507. The van der Waals surface area contributed by atoms with E-state index in [1.807, 2.05) is 6.92 Å². The number of nitrogens with zero attached hydrogens (tertiary/aromatic N) is 1. The minimum atomic E-state index is -3.58. The van der Waals surface area contributed by atoms with Crippen LogP contribution in [0.4, 0.5) is 4.39 Å². The van der Waals surface area contributed by atoms with Crippen LogP contribution in [0.25, 0.3) is 0 Å². The summed E-state index contributed by atoms with van der Waals surface area (Å²) in [5, 5.41) is 9.01. The summed E-state index contributed by atoms with van der Waals surface area (Å²) in [5.41, 5.74) is 0.00677. The van der Waals surface area contributed by atoms with E-state index in [2.05, 4.69) is 0 Å². The van der Waals surface area contributed by atoms with Gasteiger partial charge in [-0.15, -0.1) is 0 Å². The molecule has 1 aromatic carbocycles. The van der Waals surface area contributed by atoms with Crippen LogP contribution in [0.5, 0.6) is 0 Å². The summed E-state index contributed by atoms with van der Waals surface area (Å²) < 4.78 is 39.5. The molecular weight excluding hydrogens is 269 g/mol. The van der Waals surface area contributed by atoms with E-state index in [1.54, 1.807) is 0 Å². The second-order valence-electron chi connectivity index (χ2n) is 4.84. The molecule has 1 fully saturated rings. The van der Waals surface area contributed by atoms with Gasteiger partial charge in [0.15, 0.2) is 0 Å². The SMILES string of the molecule is CCC1CCN(S(=O)(=O)c2ccc(F)c(CO)c2)C1. The fourth-order valence-electron chi connectivity index (χ4n) is 2.33. The third kappa shape index (κ3) is 2.80. The molecule has 106 valence electrons. The van der Waals surface area contributed by atoms with Crippen LogP contribution in [0.15, 0.2) is 23.1 Å². The van der Waals surface area contributed by atoms with Gasteiger partial charge in [0.2, 0.25) is 10.0 Å². The molecule has 1 heterocycles. The molecule has 1 atom stereocenters. The first-order chi connectivity index (χ1) is 8.98. The van der Waals surface area contributed by atoms with Crippen molar-refractivity contribution in [2.45, 2.75) is 31.3 Å². The van der Waals surface area contributed by atoms with Crippen LogP contribution in [0.2, 0.25) is 0 Å². The molecule has 1 unspecified atom stereocenters. The van der Waals surface area contributed by atoms with Crippen LogP contribution in [-0.4, -0.2) is 30.9 Å². The van der Waals surface area contributed by atoms with Gasteiger partial charge >= 0.3 is 0 Å². The maximum Gasteiger partial charge on any atom is 0.243 e. The Labute approximate surface area is 112 Å². The van der Waals surface area contributed by atoms with Crippen molar-refractivity contribution in [2.75, 3.05) is 13.1 Å². The summed E-state index contributed by atoms with van der Waals surface area (Å²) in [6.07, 6.45) is 1.82. The molecule has 0 saturated carbocycles. The van der Waals surface area contributed by atoms with Crippen molar-refractivity contribution < 1.29 is 17.9 Å². The van der Waals surface area contributed by atoms with Crippen molar-refractivity contribution >= 4 is 10.0 Å². The first kappa shape index (κ1) is 14.4. The molecule has 0 bridgehead atoms. The van der Waals surface area contributed by atoms with Gasteiger partial charge in [-0.2, -0.15) is 4.31 Å². The summed E-state index contributed by atoms with van der Waals surface area (Å²) in [7, 11) is -3.58. The number of rotatable bonds is 4. The predicted molar refractivity (Wildman–Crippen MR) is 69.5 cm³/mol. The quantitative estimate of drug-likeness (QED) is 0.917. The first-order valence-electron chi connectivity index (χ1n) is 6.38. The Morgan fingerprint density at radius 3 is 2.79 bits per heavy atom. The van der Waals surface area contributed by atoms with E-state index in [-0.39, 0.29) is 10.5 Å². The van der Waals surface area contributed by atoms with E-state index in [9.17, 15) is 12.8 Å². The molecular formula is C13H18FNO3S. The highest BCUT2D eigenvalue weighted by Gasteiger charge is 2.31. The van der Waals surface area contributed by atoms with Crippen molar-refractivity contribution in [3.05, 3.63) is 29.6 Å². The number of halogens is 1. The molecule has 2 rings (SSSR count). The van der Waals surface area contributed by atoms with Gasteiger partial charge in [0.05, 0.1) is 11.5 Å². The third-order valence-electron chi connectivity index (χ3n) is 3.65. The van der Waals surface area contributed by atoms with Crippen LogP contribution in [0.3, 0.4) is 0 Å². The second-order valence-corrected chi connectivity index (χ2v) is 6.78. The number of aliphatic hydroxyl groups excluding tert-OH is 1. The third-order valence-corrected chi connectivity index (χ3v) is 5.51. The van der Waals surface area contributed by atoms with Crippen LogP contribution in [0.1, 0.15) is 25.3 Å². The number of hydrogen-bond acceptors (Lipinski definition) is 3. The average Bonchev–Trinajstić information content (AvgIpc) is 2.88. The molecule has 4 nitrogen and oxygen atoms in total. The molecule has 0 aromatic heterocycles. The van der Waals surface area contributed by atoms with E-state index in [0.29, 0.717) is 19.0 Å². The van der Waals surface area contributed by atoms with Crippen molar-refractivity contribution in [3.63, 3.8) is 0 Å². The van der Waals surface area contributed by atoms with E-state index in [0.717, 1.165) is 18.9 Å². The molecule has 1 aliphatic heterocycles. The van der Waals surface area contributed by atoms with Crippen LogP contribution in [-0.2, 0) is 16.6 Å². The highest BCUT2D eigenvalue weighted by atomic mass is 32.2. The van der Waals surface area contributed by atoms with Gasteiger partial charge < -0.3 is 5.11 Å². The smallest absolute Gasteiger partial charge is 0.243 e. The lowest BCUT2D eigenvalue weighted by Crippen LogP contribution is -2.29. The number of aliphatic hydroxyl groups is 1. The Morgan fingerprint density at radius 1 is 1.47 bits per heavy atom. The molecule has 0 amide bonds.